The number of anilines is 1. The first-order chi connectivity index (χ1) is 8.58. The zero-order valence-electron chi connectivity index (χ0n) is 10.7. The zero-order chi connectivity index (χ0) is 14.7. The highest BCUT2D eigenvalue weighted by molar-refractivity contribution is 5.90. The van der Waals surface area contributed by atoms with Gasteiger partial charge in [0.25, 0.3) is 0 Å². The molecule has 7 heteroatoms. The summed E-state index contributed by atoms with van der Waals surface area (Å²) in [5.41, 5.74) is 4.50. The van der Waals surface area contributed by atoms with E-state index in [0.29, 0.717) is 6.42 Å². The van der Waals surface area contributed by atoms with Crippen LogP contribution in [0.2, 0.25) is 0 Å². The third-order valence-electron chi connectivity index (χ3n) is 2.33. The number of carbonyl (C=O) groups is 1. The van der Waals surface area contributed by atoms with Crippen LogP contribution in [0.4, 0.5) is 18.9 Å². The molecule has 1 amide bonds. The van der Waals surface area contributed by atoms with Crippen molar-refractivity contribution in [2.24, 2.45) is 5.73 Å². The van der Waals surface area contributed by atoms with Crippen LogP contribution >= 0.6 is 0 Å². The van der Waals surface area contributed by atoms with Gasteiger partial charge in [0.1, 0.15) is 5.69 Å². The van der Waals surface area contributed by atoms with Gasteiger partial charge in [0.2, 0.25) is 5.91 Å². The number of nitrogens with two attached hydrogens (primary N) is 1. The molecular formula is C12H16F3N3O. The summed E-state index contributed by atoms with van der Waals surface area (Å²) in [6, 6.07) is 1.99. The molecule has 1 heterocycles. The molecule has 0 saturated carbocycles. The van der Waals surface area contributed by atoms with Crippen LogP contribution in [-0.4, -0.2) is 16.4 Å². The van der Waals surface area contributed by atoms with Crippen molar-refractivity contribution >= 4 is 11.6 Å². The smallest absolute Gasteiger partial charge is 0.326 e. The van der Waals surface area contributed by atoms with E-state index < -0.39 is 17.4 Å². The largest absolute Gasteiger partial charge is 0.433 e. The third kappa shape index (κ3) is 5.69. The van der Waals surface area contributed by atoms with Crippen LogP contribution in [0.5, 0.6) is 0 Å². The predicted molar refractivity (Wildman–Crippen MR) is 65.4 cm³/mol. The van der Waals surface area contributed by atoms with Crippen LogP contribution < -0.4 is 11.1 Å². The first kappa shape index (κ1) is 15.4. The van der Waals surface area contributed by atoms with Crippen LogP contribution in [0.3, 0.4) is 0 Å². The fourth-order valence-corrected chi connectivity index (χ4v) is 1.29. The lowest BCUT2D eigenvalue weighted by atomic mass is 10.00. The van der Waals surface area contributed by atoms with Crippen molar-refractivity contribution in [3.05, 3.63) is 24.0 Å². The fourth-order valence-electron chi connectivity index (χ4n) is 1.29. The normalized spacial score (nSPS) is 12.3. The van der Waals surface area contributed by atoms with Gasteiger partial charge in [-0.15, -0.1) is 0 Å². The Morgan fingerprint density at radius 1 is 1.37 bits per heavy atom. The minimum absolute atomic E-state index is 0.199. The lowest BCUT2D eigenvalue weighted by Gasteiger charge is -2.17. The number of hydrogen-bond acceptors (Lipinski definition) is 3. The molecule has 3 N–H and O–H groups in total. The number of nitrogens with one attached hydrogen (secondary N) is 1. The molecule has 1 aromatic heterocycles. The van der Waals surface area contributed by atoms with E-state index in [1.165, 1.54) is 6.07 Å². The molecule has 4 nitrogen and oxygen atoms in total. The predicted octanol–water partition coefficient (Wildman–Crippen LogP) is 2.56. The SMILES string of the molecule is CC(C)(N)CCC(=O)Nc1ccc(C(F)(F)F)nc1. The molecule has 0 aliphatic rings. The van der Waals surface area contributed by atoms with E-state index in [-0.39, 0.29) is 18.0 Å². The molecule has 0 fully saturated rings. The molecule has 0 atom stereocenters. The van der Waals surface area contributed by atoms with Crippen molar-refractivity contribution in [3.8, 4) is 0 Å². The van der Waals surface area contributed by atoms with E-state index in [4.69, 9.17) is 5.73 Å². The van der Waals surface area contributed by atoms with Gasteiger partial charge in [-0.1, -0.05) is 0 Å². The van der Waals surface area contributed by atoms with Crippen LogP contribution in [0.1, 0.15) is 32.4 Å². The van der Waals surface area contributed by atoms with Crippen molar-refractivity contribution < 1.29 is 18.0 Å². The van der Waals surface area contributed by atoms with E-state index >= 15 is 0 Å². The molecule has 0 unspecified atom stereocenters. The lowest BCUT2D eigenvalue weighted by Crippen LogP contribution is -2.33. The summed E-state index contributed by atoms with van der Waals surface area (Å²) in [6.45, 7) is 3.58. The van der Waals surface area contributed by atoms with Crippen molar-refractivity contribution in [1.82, 2.24) is 4.98 Å². The van der Waals surface area contributed by atoms with Crippen LogP contribution in [0, 0.1) is 0 Å². The molecule has 106 valence electrons. The Balaban J connectivity index is 2.56. The van der Waals surface area contributed by atoms with Crippen molar-refractivity contribution in [2.45, 2.75) is 38.4 Å². The maximum absolute atomic E-state index is 12.3. The number of halogens is 3. The highest BCUT2D eigenvalue weighted by atomic mass is 19.4. The average Bonchev–Trinajstić information content (AvgIpc) is 2.25. The molecule has 0 saturated heterocycles. The highest BCUT2D eigenvalue weighted by Crippen LogP contribution is 2.27. The standard InChI is InChI=1S/C12H16F3N3O/c1-11(2,16)6-5-10(19)18-8-3-4-9(17-7-8)12(13,14)15/h3-4,7H,5-6,16H2,1-2H3,(H,18,19). The number of aromatic nitrogens is 1. The van der Waals surface area contributed by atoms with Gasteiger partial charge in [0, 0.05) is 12.0 Å². The highest BCUT2D eigenvalue weighted by Gasteiger charge is 2.32. The molecule has 0 radical (unpaired) electrons. The van der Waals surface area contributed by atoms with E-state index in [9.17, 15) is 18.0 Å². The molecule has 0 spiro atoms. The summed E-state index contributed by atoms with van der Waals surface area (Å²) in [6.07, 6.45) is -2.82. The van der Waals surface area contributed by atoms with Crippen LogP contribution in [0.15, 0.2) is 18.3 Å². The Morgan fingerprint density at radius 2 is 2.00 bits per heavy atom. The number of alkyl halides is 3. The molecule has 0 aliphatic carbocycles. The van der Waals surface area contributed by atoms with Gasteiger partial charge in [-0.3, -0.25) is 4.79 Å². The number of carbonyl (C=O) groups excluding carboxylic acids is 1. The number of pyridine rings is 1. The van der Waals surface area contributed by atoms with Gasteiger partial charge in [-0.2, -0.15) is 13.2 Å². The second-order valence-corrected chi connectivity index (χ2v) is 4.97. The molecule has 0 aliphatic heterocycles. The Hall–Kier alpha value is -1.63. The molecule has 1 rings (SSSR count). The zero-order valence-corrected chi connectivity index (χ0v) is 10.7. The Morgan fingerprint density at radius 3 is 2.42 bits per heavy atom. The number of amides is 1. The second kappa shape index (κ2) is 5.56. The van der Waals surface area contributed by atoms with Crippen molar-refractivity contribution in [3.63, 3.8) is 0 Å². The average molecular weight is 275 g/mol. The van der Waals surface area contributed by atoms with Gasteiger partial charge < -0.3 is 11.1 Å². The van der Waals surface area contributed by atoms with Crippen molar-refractivity contribution in [1.29, 1.82) is 0 Å². The maximum atomic E-state index is 12.3. The van der Waals surface area contributed by atoms with Gasteiger partial charge >= 0.3 is 6.18 Å². The monoisotopic (exact) mass is 275 g/mol. The number of hydrogen-bond donors (Lipinski definition) is 2. The first-order valence-electron chi connectivity index (χ1n) is 5.70. The fraction of sp³-hybridized carbons (Fsp3) is 0.500. The summed E-state index contributed by atoms with van der Waals surface area (Å²) in [7, 11) is 0. The molecule has 19 heavy (non-hydrogen) atoms. The number of rotatable bonds is 4. The lowest BCUT2D eigenvalue weighted by molar-refractivity contribution is -0.141. The first-order valence-corrected chi connectivity index (χ1v) is 5.70. The van der Waals surface area contributed by atoms with Gasteiger partial charge in [0.05, 0.1) is 11.9 Å². The molecule has 0 bridgehead atoms. The Bertz CT molecular complexity index is 435. The summed E-state index contributed by atoms with van der Waals surface area (Å²) in [5, 5.41) is 2.47. The topological polar surface area (TPSA) is 68.0 Å². The summed E-state index contributed by atoms with van der Waals surface area (Å²) in [5.74, 6) is -0.305. The van der Waals surface area contributed by atoms with Crippen LogP contribution in [0.25, 0.3) is 0 Å². The quantitative estimate of drug-likeness (QED) is 0.887. The second-order valence-electron chi connectivity index (χ2n) is 4.97. The van der Waals surface area contributed by atoms with E-state index in [2.05, 4.69) is 10.3 Å². The van der Waals surface area contributed by atoms with Crippen LogP contribution in [-0.2, 0) is 11.0 Å². The molecule has 1 aromatic rings. The molecule has 0 aromatic carbocycles. The van der Waals surface area contributed by atoms with E-state index in [1.807, 2.05) is 0 Å². The number of nitrogens with zero attached hydrogens (tertiary/aromatic N) is 1. The minimum Gasteiger partial charge on any atom is -0.326 e. The summed E-state index contributed by atoms with van der Waals surface area (Å²) < 4.78 is 36.8. The maximum Gasteiger partial charge on any atom is 0.433 e. The Labute approximate surface area is 109 Å². The molecular weight excluding hydrogens is 259 g/mol. The third-order valence-corrected chi connectivity index (χ3v) is 2.33. The van der Waals surface area contributed by atoms with Gasteiger partial charge in [-0.25, -0.2) is 4.98 Å². The Kier molecular flexibility index (Phi) is 4.52. The minimum atomic E-state index is -4.48. The summed E-state index contributed by atoms with van der Waals surface area (Å²) in [4.78, 5) is 14.8. The van der Waals surface area contributed by atoms with E-state index in [0.717, 1.165) is 12.3 Å². The summed E-state index contributed by atoms with van der Waals surface area (Å²) >= 11 is 0. The van der Waals surface area contributed by atoms with Gasteiger partial charge in [-0.05, 0) is 32.4 Å². The van der Waals surface area contributed by atoms with E-state index in [1.54, 1.807) is 13.8 Å². The van der Waals surface area contributed by atoms with Crippen molar-refractivity contribution in [2.75, 3.05) is 5.32 Å². The van der Waals surface area contributed by atoms with Gasteiger partial charge in [0.15, 0.2) is 0 Å².